The Labute approximate surface area is 155 Å². The lowest BCUT2D eigenvalue weighted by atomic mass is 9.87. The van der Waals surface area contributed by atoms with Gasteiger partial charge in [-0.2, -0.15) is 0 Å². The molecule has 1 aliphatic carbocycles. The van der Waals surface area contributed by atoms with Crippen LogP contribution in [-0.2, 0) is 12.8 Å². The summed E-state index contributed by atoms with van der Waals surface area (Å²) in [6, 6.07) is 13.2. The topological polar surface area (TPSA) is 48.5 Å². The summed E-state index contributed by atoms with van der Waals surface area (Å²) in [5, 5.41) is 2.71. The molecule has 4 rings (SSSR count). The number of aromatic nitrogens is 1. The number of nitrogens with one attached hydrogen (secondary N) is 1. The van der Waals surface area contributed by atoms with E-state index >= 15 is 0 Å². The van der Waals surface area contributed by atoms with Crippen molar-refractivity contribution in [1.29, 1.82) is 0 Å². The number of nitrogens with zero attached hydrogens (tertiary/aromatic N) is 3. The molecule has 1 unspecified atom stereocenters. The minimum atomic E-state index is -0.0700. The number of rotatable bonds is 3. The summed E-state index contributed by atoms with van der Waals surface area (Å²) in [4.78, 5) is 21.5. The smallest absolute Gasteiger partial charge is 0.254 e. The van der Waals surface area contributed by atoms with E-state index in [1.54, 1.807) is 13.2 Å². The molecule has 1 aromatic heterocycles. The number of pyridine rings is 1. The molecule has 1 saturated heterocycles. The zero-order valence-electron chi connectivity index (χ0n) is 15.3. The average Bonchev–Trinajstić information content (AvgIpc) is 2.73. The van der Waals surface area contributed by atoms with Crippen LogP contribution in [-0.4, -0.2) is 55.1 Å². The Morgan fingerprint density at radius 3 is 2.62 bits per heavy atom. The van der Waals surface area contributed by atoms with Crippen molar-refractivity contribution in [2.24, 2.45) is 0 Å². The molecule has 1 N–H and O–H groups in total. The van der Waals surface area contributed by atoms with E-state index in [4.69, 9.17) is 0 Å². The third-order valence-electron chi connectivity index (χ3n) is 5.71. The molecule has 5 heteroatoms. The molecule has 26 heavy (non-hydrogen) atoms. The van der Waals surface area contributed by atoms with Crippen molar-refractivity contribution in [3.63, 3.8) is 0 Å². The van der Waals surface area contributed by atoms with Crippen LogP contribution in [0.25, 0.3) is 0 Å². The number of piperazine rings is 1. The zero-order valence-corrected chi connectivity index (χ0v) is 15.3. The predicted octanol–water partition coefficient (Wildman–Crippen LogP) is 2.12. The van der Waals surface area contributed by atoms with Crippen LogP contribution in [0.5, 0.6) is 0 Å². The Balaban J connectivity index is 1.42. The van der Waals surface area contributed by atoms with Gasteiger partial charge in [-0.15, -0.1) is 0 Å². The molecule has 1 fully saturated rings. The first-order valence-corrected chi connectivity index (χ1v) is 9.49. The van der Waals surface area contributed by atoms with E-state index in [1.165, 1.54) is 24.0 Å². The molecule has 0 bridgehead atoms. The molecule has 1 atom stereocenters. The summed E-state index contributed by atoms with van der Waals surface area (Å²) in [6.07, 6.45) is 5.35. The van der Waals surface area contributed by atoms with Crippen molar-refractivity contribution in [2.45, 2.75) is 25.3 Å². The van der Waals surface area contributed by atoms with Gasteiger partial charge in [0.25, 0.3) is 5.91 Å². The molecule has 0 spiro atoms. The van der Waals surface area contributed by atoms with Crippen LogP contribution >= 0.6 is 0 Å². The number of hydrogen-bond acceptors (Lipinski definition) is 4. The number of anilines is 1. The summed E-state index contributed by atoms with van der Waals surface area (Å²) < 4.78 is 0. The molecule has 0 radical (unpaired) electrons. The van der Waals surface area contributed by atoms with Crippen molar-refractivity contribution in [2.75, 3.05) is 38.1 Å². The largest absolute Gasteiger partial charge is 0.355 e. The minimum absolute atomic E-state index is 0.0700. The maximum atomic E-state index is 12.1. The van der Waals surface area contributed by atoms with E-state index in [0.29, 0.717) is 11.6 Å². The van der Waals surface area contributed by atoms with Gasteiger partial charge in [0.2, 0.25) is 0 Å². The second kappa shape index (κ2) is 7.46. The fraction of sp³-hybridized carbons (Fsp3) is 0.429. The van der Waals surface area contributed by atoms with E-state index in [2.05, 4.69) is 44.4 Å². The van der Waals surface area contributed by atoms with E-state index in [9.17, 15) is 4.79 Å². The van der Waals surface area contributed by atoms with E-state index in [0.717, 1.165) is 38.4 Å². The van der Waals surface area contributed by atoms with Gasteiger partial charge in [0, 0.05) is 45.5 Å². The summed E-state index contributed by atoms with van der Waals surface area (Å²) in [5.41, 5.74) is 3.69. The summed E-state index contributed by atoms with van der Waals surface area (Å²) in [5.74, 6) is 0.736. The quantitative estimate of drug-likeness (QED) is 0.921. The van der Waals surface area contributed by atoms with Crippen LogP contribution in [0.1, 0.15) is 27.9 Å². The number of fused-ring (bicyclic) bond motifs is 1. The van der Waals surface area contributed by atoms with Crippen LogP contribution in [0.15, 0.2) is 42.6 Å². The first-order valence-electron chi connectivity index (χ1n) is 9.49. The summed E-state index contributed by atoms with van der Waals surface area (Å²) in [6.45, 7) is 3.88. The second-order valence-electron chi connectivity index (χ2n) is 7.14. The Morgan fingerprint density at radius 2 is 1.85 bits per heavy atom. The molecule has 2 aliphatic rings. The lowest BCUT2D eigenvalue weighted by molar-refractivity contribution is 0.0963. The highest BCUT2D eigenvalue weighted by molar-refractivity contribution is 5.98. The Morgan fingerprint density at radius 1 is 1.08 bits per heavy atom. The molecule has 0 saturated carbocycles. The monoisotopic (exact) mass is 350 g/mol. The number of carbonyl (C=O) groups is 1. The molecule has 1 aromatic carbocycles. The van der Waals surface area contributed by atoms with Crippen LogP contribution in [0.2, 0.25) is 0 Å². The standard InChI is InChI=1S/C21H26N4O/c1-22-21(26)19-7-4-10-23-20(19)25-13-11-24(12-14-25)18-9-8-16-5-2-3-6-17(16)15-18/h2-7,10,18H,8-9,11-15H2,1H3,(H,22,26). The van der Waals surface area contributed by atoms with Gasteiger partial charge in [-0.05, 0) is 42.5 Å². The van der Waals surface area contributed by atoms with Gasteiger partial charge in [0.05, 0.1) is 5.56 Å². The molecule has 1 aliphatic heterocycles. The molecular formula is C21H26N4O. The van der Waals surface area contributed by atoms with Gasteiger partial charge < -0.3 is 10.2 Å². The lowest BCUT2D eigenvalue weighted by Crippen LogP contribution is -2.52. The van der Waals surface area contributed by atoms with Crippen LogP contribution in [0, 0.1) is 0 Å². The van der Waals surface area contributed by atoms with Gasteiger partial charge in [-0.25, -0.2) is 4.98 Å². The Hall–Kier alpha value is -2.40. The third kappa shape index (κ3) is 3.31. The molecule has 5 nitrogen and oxygen atoms in total. The minimum Gasteiger partial charge on any atom is -0.355 e. The fourth-order valence-electron chi connectivity index (χ4n) is 4.25. The van der Waals surface area contributed by atoms with Crippen LogP contribution < -0.4 is 10.2 Å². The molecule has 2 aromatic rings. The predicted molar refractivity (Wildman–Crippen MR) is 104 cm³/mol. The number of hydrogen-bond donors (Lipinski definition) is 1. The van der Waals surface area contributed by atoms with Crippen molar-refractivity contribution < 1.29 is 4.79 Å². The van der Waals surface area contributed by atoms with Crippen molar-refractivity contribution in [1.82, 2.24) is 15.2 Å². The SMILES string of the molecule is CNC(=O)c1cccnc1N1CCN(C2CCc3ccccc3C2)CC1. The zero-order chi connectivity index (χ0) is 17.9. The number of carbonyl (C=O) groups excluding carboxylic acids is 1. The average molecular weight is 350 g/mol. The van der Waals surface area contributed by atoms with Crippen LogP contribution in [0.3, 0.4) is 0 Å². The van der Waals surface area contributed by atoms with Gasteiger partial charge in [0.15, 0.2) is 0 Å². The third-order valence-corrected chi connectivity index (χ3v) is 5.71. The van der Waals surface area contributed by atoms with Gasteiger partial charge in [0.1, 0.15) is 5.82 Å². The van der Waals surface area contributed by atoms with Gasteiger partial charge >= 0.3 is 0 Å². The van der Waals surface area contributed by atoms with E-state index in [1.807, 2.05) is 12.1 Å². The molecular weight excluding hydrogens is 324 g/mol. The fourth-order valence-corrected chi connectivity index (χ4v) is 4.25. The number of benzene rings is 1. The first-order chi connectivity index (χ1) is 12.8. The van der Waals surface area contributed by atoms with Gasteiger partial charge in [-0.3, -0.25) is 9.69 Å². The Bertz CT molecular complexity index is 783. The maximum Gasteiger partial charge on any atom is 0.254 e. The lowest BCUT2D eigenvalue weighted by Gasteiger charge is -2.41. The van der Waals surface area contributed by atoms with Crippen molar-refractivity contribution in [3.8, 4) is 0 Å². The maximum absolute atomic E-state index is 12.1. The summed E-state index contributed by atoms with van der Waals surface area (Å²) in [7, 11) is 1.66. The molecule has 1 amide bonds. The van der Waals surface area contributed by atoms with Crippen molar-refractivity contribution in [3.05, 3.63) is 59.3 Å². The van der Waals surface area contributed by atoms with E-state index < -0.39 is 0 Å². The second-order valence-corrected chi connectivity index (χ2v) is 7.14. The highest BCUT2D eigenvalue weighted by Crippen LogP contribution is 2.26. The number of amides is 1. The highest BCUT2D eigenvalue weighted by Gasteiger charge is 2.28. The highest BCUT2D eigenvalue weighted by atomic mass is 16.1. The Kier molecular flexibility index (Phi) is 4.89. The van der Waals surface area contributed by atoms with Crippen molar-refractivity contribution >= 4 is 11.7 Å². The normalized spacial score (nSPS) is 20.5. The molecule has 136 valence electrons. The first kappa shape index (κ1) is 17.0. The van der Waals surface area contributed by atoms with E-state index in [-0.39, 0.29) is 5.91 Å². The molecule has 2 heterocycles. The summed E-state index contributed by atoms with van der Waals surface area (Å²) >= 11 is 0. The number of aryl methyl sites for hydroxylation is 1. The van der Waals surface area contributed by atoms with Gasteiger partial charge in [-0.1, -0.05) is 24.3 Å². The van der Waals surface area contributed by atoms with Crippen LogP contribution in [0.4, 0.5) is 5.82 Å².